The third-order valence-electron chi connectivity index (χ3n) is 2.52. The van der Waals surface area contributed by atoms with Crippen molar-refractivity contribution in [1.29, 1.82) is 0 Å². The van der Waals surface area contributed by atoms with Crippen LogP contribution in [0.2, 0.25) is 0 Å². The van der Waals surface area contributed by atoms with Crippen molar-refractivity contribution in [3.05, 3.63) is 40.9 Å². The number of carbonyl (C=O) groups is 1. The Balaban J connectivity index is 2.31. The number of fused-ring (bicyclic) bond motifs is 1. The van der Waals surface area contributed by atoms with Crippen LogP contribution in [0.15, 0.2) is 34.8 Å². The Labute approximate surface area is 109 Å². The molecule has 0 aliphatic heterocycles. The summed E-state index contributed by atoms with van der Waals surface area (Å²) in [4.78, 5) is 10.7. The average Bonchev–Trinajstić information content (AvgIpc) is 2.36. The van der Waals surface area contributed by atoms with E-state index in [1.165, 1.54) is 0 Å². The molecular weight excluding hydrogens is 280 g/mol. The minimum Gasteiger partial charge on any atom is -0.482 e. The van der Waals surface area contributed by atoms with Gasteiger partial charge in [0.1, 0.15) is 5.75 Å². The van der Waals surface area contributed by atoms with Gasteiger partial charge in [-0.2, -0.15) is 0 Å². The van der Waals surface area contributed by atoms with Crippen molar-refractivity contribution in [2.24, 2.45) is 0 Å². The number of carbonyl (C=O) groups excluding carboxylic acids is 1. The first-order valence-electron chi connectivity index (χ1n) is 5.46. The quantitative estimate of drug-likeness (QED) is 0.802. The Morgan fingerprint density at radius 2 is 2.24 bits per heavy atom. The van der Waals surface area contributed by atoms with E-state index < -0.39 is 0 Å². The van der Waals surface area contributed by atoms with Gasteiger partial charge in [0.25, 0.3) is 0 Å². The topological polar surface area (TPSA) is 26.3 Å². The van der Waals surface area contributed by atoms with Crippen LogP contribution in [0.25, 0.3) is 10.8 Å². The molecule has 2 aromatic rings. The Bertz CT molecular complexity index is 537. The highest BCUT2D eigenvalue weighted by atomic mass is 79.9. The summed E-state index contributed by atoms with van der Waals surface area (Å²) < 4.78 is 6.55. The van der Waals surface area contributed by atoms with Crippen LogP contribution >= 0.6 is 15.9 Å². The molecule has 0 aliphatic carbocycles. The monoisotopic (exact) mass is 291 g/mol. The Morgan fingerprint density at radius 3 is 2.94 bits per heavy atom. The third kappa shape index (κ3) is 2.86. The average molecular weight is 292 g/mol. The summed E-state index contributed by atoms with van der Waals surface area (Å²) in [6, 6.07) is 12.9. The number of halogens is 1. The summed E-state index contributed by atoms with van der Waals surface area (Å²) >= 11 is 3.42. The normalized spacial score (nSPS) is 12.4. The number of hydrogen-bond acceptors (Lipinski definition) is 2. The van der Waals surface area contributed by atoms with E-state index in [0.29, 0.717) is 12.2 Å². The smallest absolute Gasteiger partial charge is 0.160 e. The van der Waals surface area contributed by atoms with Crippen molar-refractivity contribution in [3.8, 4) is 5.75 Å². The van der Waals surface area contributed by atoms with Gasteiger partial charge in [0, 0.05) is 10.5 Å². The Kier molecular flexibility index (Phi) is 3.79. The highest BCUT2D eigenvalue weighted by Gasteiger charge is 2.06. The summed E-state index contributed by atoms with van der Waals surface area (Å²) in [6.45, 7) is 1.91. The van der Waals surface area contributed by atoms with Crippen molar-refractivity contribution in [2.45, 2.75) is 19.4 Å². The van der Waals surface area contributed by atoms with Crippen molar-refractivity contribution in [3.63, 3.8) is 0 Å². The van der Waals surface area contributed by atoms with Crippen LogP contribution in [0.5, 0.6) is 5.75 Å². The molecule has 0 fully saturated rings. The second-order valence-electron chi connectivity index (χ2n) is 3.75. The van der Waals surface area contributed by atoms with E-state index in [0.717, 1.165) is 21.5 Å². The molecule has 0 aliphatic rings. The van der Waals surface area contributed by atoms with Crippen molar-refractivity contribution < 1.29 is 9.53 Å². The molecule has 0 aromatic heterocycles. The molecule has 0 amide bonds. The molecule has 3 heteroatoms. The number of benzene rings is 2. The van der Waals surface area contributed by atoms with Crippen molar-refractivity contribution in [2.75, 3.05) is 0 Å². The summed E-state index contributed by atoms with van der Waals surface area (Å²) in [5, 5.41) is 2.07. The van der Waals surface area contributed by atoms with Gasteiger partial charge in [0.05, 0.1) is 0 Å². The minimum absolute atomic E-state index is 0.390. The number of aldehydes is 1. The second kappa shape index (κ2) is 5.32. The first-order valence-corrected chi connectivity index (χ1v) is 6.25. The van der Waals surface area contributed by atoms with Crippen LogP contribution in [0.3, 0.4) is 0 Å². The van der Waals surface area contributed by atoms with E-state index in [-0.39, 0.29) is 6.10 Å². The molecule has 2 aromatic carbocycles. The standard InChI is InChI=1S/C14H12BrO2/c1-2-13(9-16)17-14-6-4-10-7-12(15)5-3-11(10)8-14/h3-7,9,13H,2H2,1H3. The van der Waals surface area contributed by atoms with Gasteiger partial charge >= 0.3 is 0 Å². The van der Waals surface area contributed by atoms with Crippen molar-refractivity contribution in [1.82, 2.24) is 0 Å². The highest BCUT2D eigenvalue weighted by molar-refractivity contribution is 9.10. The molecule has 1 atom stereocenters. The summed E-state index contributed by atoms with van der Waals surface area (Å²) in [6.07, 6.45) is 1.09. The van der Waals surface area contributed by atoms with Crippen LogP contribution in [0.4, 0.5) is 0 Å². The molecule has 0 saturated heterocycles. The van der Waals surface area contributed by atoms with E-state index in [4.69, 9.17) is 4.74 Å². The van der Waals surface area contributed by atoms with Gasteiger partial charge in [-0.05, 0) is 35.4 Å². The third-order valence-corrected chi connectivity index (χ3v) is 3.01. The maximum Gasteiger partial charge on any atom is 0.160 e. The zero-order chi connectivity index (χ0) is 12.3. The van der Waals surface area contributed by atoms with Crippen molar-refractivity contribution >= 4 is 33.0 Å². The maximum absolute atomic E-state index is 10.7. The summed E-state index contributed by atoms with van der Waals surface area (Å²) in [5.41, 5.74) is 0. The molecule has 0 N–H and O–H groups in total. The summed E-state index contributed by atoms with van der Waals surface area (Å²) in [5.74, 6) is 0.610. The molecule has 1 radical (unpaired) electrons. The van der Waals surface area contributed by atoms with Gasteiger partial charge in [-0.25, -0.2) is 0 Å². The fourth-order valence-electron chi connectivity index (χ4n) is 1.56. The molecule has 0 saturated carbocycles. The number of rotatable bonds is 4. The zero-order valence-corrected chi connectivity index (χ0v) is 11.0. The van der Waals surface area contributed by atoms with Crippen LogP contribution in [-0.2, 0) is 4.79 Å². The fourth-order valence-corrected chi connectivity index (χ4v) is 1.94. The van der Waals surface area contributed by atoms with E-state index in [2.05, 4.69) is 22.0 Å². The lowest BCUT2D eigenvalue weighted by Gasteiger charge is -2.11. The van der Waals surface area contributed by atoms with Gasteiger partial charge in [-0.3, -0.25) is 4.79 Å². The molecular formula is C14H12BrO2. The van der Waals surface area contributed by atoms with Crippen LogP contribution in [0.1, 0.15) is 13.3 Å². The largest absolute Gasteiger partial charge is 0.482 e. The lowest BCUT2D eigenvalue weighted by molar-refractivity contribution is -0.113. The van der Waals surface area contributed by atoms with Gasteiger partial charge in [-0.1, -0.05) is 35.0 Å². The maximum atomic E-state index is 10.7. The molecule has 1 unspecified atom stereocenters. The molecule has 2 nitrogen and oxygen atoms in total. The van der Waals surface area contributed by atoms with Gasteiger partial charge in [0.2, 0.25) is 0 Å². The number of hydrogen-bond donors (Lipinski definition) is 0. The lowest BCUT2D eigenvalue weighted by Crippen LogP contribution is -2.16. The number of ether oxygens (including phenoxy) is 1. The predicted octanol–water partition coefficient (Wildman–Crippen LogP) is 3.76. The van der Waals surface area contributed by atoms with E-state index >= 15 is 0 Å². The van der Waals surface area contributed by atoms with Gasteiger partial charge in [0.15, 0.2) is 12.4 Å². The van der Waals surface area contributed by atoms with Gasteiger partial charge < -0.3 is 4.74 Å². The Morgan fingerprint density at radius 1 is 1.41 bits per heavy atom. The highest BCUT2D eigenvalue weighted by Crippen LogP contribution is 2.24. The van der Waals surface area contributed by atoms with Gasteiger partial charge in [-0.15, -0.1) is 0 Å². The molecule has 17 heavy (non-hydrogen) atoms. The van der Waals surface area contributed by atoms with E-state index in [9.17, 15) is 4.79 Å². The molecule has 0 spiro atoms. The second-order valence-corrected chi connectivity index (χ2v) is 4.67. The molecule has 2 rings (SSSR count). The first-order chi connectivity index (χ1) is 8.22. The van der Waals surface area contributed by atoms with Crippen LogP contribution < -0.4 is 4.74 Å². The predicted molar refractivity (Wildman–Crippen MR) is 71.3 cm³/mol. The lowest BCUT2D eigenvalue weighted by atomic mass is 10.1. The SMILES string of the molecule is CCC(C=O)Oc1[c]c2ccc(Br)cc2cc1. The summed E-state index contributed by atoms with van der Waals surface area (Å²) in [7, 11) is 0. The Hall–Kier alpha value is -1.35. The zero-order valence-electron chi connectivity index (χ0n) is 9.44. The van der Waals surface area contributed by atoms with Crippen LogP contribution in [0, 0.1) is 6.07 Å². The molecule has 0 heterocycles. The first kappa shape index (κ1) is 12.1. The molecule has 0 bridgehead atoms. The minimum atomic E-state index is -0.390. The van der Waals surface area contributed by atoms with Crippen LogP contribution in [-0.4, -0.2) is 12.4 Å². The van der Waals surface area contributed by atoms with E-state index in [1.54, 1.807) is 0 Å². The fraction of sp³-hybridized carbons (Fsp3) is 0.214. The molecule has 87 valence electrons. The van der Waals surface area contributed by atoms with E-state index in [1.807, 2.05) is 37.3 Å².